The largest absolute Gasteiger partial charge is 0.547 e. The zero-order valence-electron chi connectivity index (χ0n) is 32.3. The predicted molar refractivity (Wildman–Crippen MR) is 188 cm³/mol. The van der Waals surface area contributed by atoms with E-state index in [0.29, 0.717) is 25.7 Å². The summed E-state index contributed by atoms with van der Waals surface area (Å²) < 4.78 is 38.4. The van der Waals surface area contributed by atoms with Crippen LogP contribution in [0.2, 0.25) is 36.3 Å². The summed E-state index contributed by atoms with van der Waals surface area (Å²) in [7, 11) is -3.33. The molecular weight excluding hydrogens is 633 g/mol. The summed E-state index contributed by atoms with van der Waals surface area (Å²) in [5.74, 6) is -2.62. The van der Waals surface area contributed by atoms with Crippen molar-refractivity contribution in [2.75, 3.05) is 13.9 Å². The Kier molecular flexibility index (Phi) is 11.5. The number of carbonyl (C=O) groups is 2. The smallest absolute Gasteiger partial charge is 0.303 e. The molecule has 0 heterocycles. The van der Waals surface area contributed by atoms with Gasteiger partial charge in [0.2, 0.25) is 8.32 Å². The van der Waals surface area contributed by atoms with Gasteiger partial charge in [-0.15, -0.1) is 0 Å². The summed E-state index contributed by atoms with van der Waals surface area (Å²) in [6.45, 7) is 31.2. The molecule has 2 bridgehead atoms. The van der Waals surface area contributed by atoms with Crippen LogP contribution in [0.25, 0.3) is 0 Å². The van der Waals surface area contributed by atoms with Gasteiger partial charge in [-0.2, -0.15) is 0 Å². The molecule has 0 radical (unpaired) electrons. The van der Waals surface area contributed by atoms with E-state index in [2.05, 4.69) is 94.6 Å². The average molecular weight is 699 g/mol. The van der Waals surface area contributed by atoms with Crippen molar-refractivity contribution in [3.8, 4) is 0 Å². The first kappa shape index (κ1) is 40.2. The Morgan fingerprint density at radius 3 is 1.98 bits per heavy atom. The van der Waals surface area contributed by atoms with Gasteiger partial charge in [-0.1, -0.05) is 62.3 Å². The first-order chi connectivity index (χ1) is 21.2. The second-order valence-electron chi connectivity index (χ2n) is 18.3. The monoisotopic (exact) mass is 698 g/mol. The fraction of sp³-hybridized carbons (Fsp3) is 0.889. The van der Waals surface area contributed by atoms with Crippen LogP contribution in [0, 0.1) is 28.6 Å². The lowest BCUT2D eigenvalue weighted by Gasteiger charge is -2.63. The van der Waals surface area contributed by atoms with Crippen LogP contribution in [0.3, 0.4) is 0 Å². The lowest BCUT2D eigenvalue weighted by molar-refractivity contribution is -0.329. The van der Waals surface area contributed by atoms with Crippen LogP contribution in [0.15, 0.2) is 11.8 Å². The highest BCUT2D eigenvalue weighted by molar-refractivity contribution is 6.74. The molecule has 272 valence electrons. The maximum Gasteiger partial charge on any atom is 0.303 e. The number of fused-ring (bicyclic) bond motifs is 3. The minimum Gasteiger partial charge on any atom is -0.547 e. The van der Waals surface area contributed by atoms with E-state index in [9.17, 15) is 14.7 Å². The number of ether oxygens (including phenoxy) is 4. The van der Waals surface area contributed by atoms with Gasteiger partial charge in [-0.05, 0) is 73.4 Å². The van der Waals surface area contributed by atoms with Crippen LogP contribution in [0.5, 0.6) is 0 Å². The van der Waals surface area contributed by atoms with E-state index >= 15 is 0 Å². The van der Waals surface area contributed by atoms with Gasteiger partial charge in [0.15, 0.2) is 14.1 Å². The number of methoxy groups -OCH3 is 1. The zero-order chi connectivity index (χ0) is 36.2. The van der Waals surface area contributed by atoms with Crippen molar-refractivity contribution in [1.29, 1.82) is 0 Å². The summed E-state index contributed by atoms with van der Waals surface area (Å²) in [5, 5.41) is 13.1. The highest BCUT2D eigenvalue weighted by Crippen LogP contribution is 2.63. The van der Waals surface area contributed by atoms with Crippen LogP contribution >= 0.6 is 0 Å². The second-order valence-corrected chi connectivity index (χ2v) is 27.7. The molecule has 3 rings (SSSR count). The van der Waals surface area contributed by atoms with Gasteiger partial charge in [0, 0.05) is 44.1 Å². The van der Waals surface area contributed by atoms with Crippen LogP contribution in [-0.2, 0) is 37.4 Å². The van der Waals surface area contributed by atoms with E-state index in [1.54, 1.807) is 7.11 Å². The maximum absolute atomic E-state index is 13.3. The third kappa shape index (κ3) is 7.75. The topological polar surface area (TPSA) is 110 Å². The van der Waals surface area contributed by atoms with E-state index in [-0.39, 0.29) is 28.7 Å². The van der Waals surface area contributed by atoms with Crippen molar-refractivity contribution < 1.29 is 42.5 Å². The summed E-state index contributed by atoms with van der Waals surface area (Å²) in [4.78, 5) is 25.7. The standard InChI is InChI=1S/C36H66O9Si2/c1-23(37)42-30-25-17-18-27(44-46(13,14)32(3,4)5)26(34(25,9)10)21-28-35(11,31(30)43-24(2)38)20-19-29(41-22-40-12)36(28,39)45-47(15,16)33(6,7)8/h18,25-26,28-31,39H,17,19-22H2,1-16H3/t25?,26?,28-,29-,30+,31-,35+,36-/m0/s1. The third-order valence-corrected chi connectivity index (χ3v) is 21.5. The van der Waals surface area contributed by atoms with Crippen LogP contribution in [0.4, 0.5) is 0 Å². The zero-order valence-corrected chi connectivity index (χ0v) is 34.3. The number of hydrogen-bond acceptors (Lipinski definition) is 9. The molecule has 0 aromatic heterocycles. The number of esters is 2. The molecule has 3 aliphatic rings. The van der Waals surface area contributed by atoms with Gasteiger partial charge >= 0.3 is 11.9 Å². The van der Waals surface area contributed by atoms with E-state index in [4.69, 9.17) is 27.8 Å². The number of rotatable bonds is 9. The van der Waals surface area contributed by atoms with E-state index < -0.39 is 69.4 Å². The van der Waals surface area contributed by atoms with Gasteiger partial charge in [-0.25, -0.2) is 0 Å². The Bertz CT molecular complexity index is 1180. The Labute approximate surface area is 287 Å². The molecule has 0 spiro atoms. The quantitative estimate of drug-likeness (QED) is 0.146. The molecule has 8 atom stereocenters. The molecule has 2 saturated carbocycles. The molecule has 47 heavy (non-hydrogen) atoms. The highest BCUT2D eigenvalue weighted by Gasteiger charge is 2.68. The Morgan fingerprint density at radius 1 is 0.936 bits per heavy atom. The van der Waals surface area contributed by atoms with Crippen molar-refractivity contribution >= 4 is 28.6 Å². The molecular formula is C36H66O9Si2. The van der Waals surface area contributed by atoms with Crippen molar-refractivity contribution in [3.05, 3.63) is 11.8 Å². The minimum absolute atomic E-state index is 0.00263. The van der Waals surface area contributed by atoms with Crippen molar-refractivity contribution in [3.63, 3.8) is 0 Å². The van der Waals surface area contributed by atoms with Gasteiger partial charge in [0.1, 0.15) is 25.1 Å². The van der Waals surface area contributed by atoms with Gasteiger partial charge in [0.25, 0.3) is 0 Å². The first-order valence-corrected chi connectivity index (χ1v) is 23.2. The molecule has 1 N–H and O–H groups in total. The first-order valence-electron chi connectivity index (χ1n) is 17.4. The van der Waals surface area contributed by atoms with Gasteiger partial charge < -0.3 is 32.9 Å². The van der Waals surface area contributed by atoms with Crippen LogP contribution in [0.1, 0.15) is 102 Å². The highest BCUT2D eigenvalue weighted by atomic mass is 28.4. The van der Waals surface area contributed by atoms with E-state index in [1.165, 1.54) is 13.8 Å². The molecule has 2 fully saturated rings. The lowest BCUT2D eigenvalue weighted by Crippen LogP contribution is -2.70. The fourth-order valence-electron chi connectivity index (χ4n) is 7.74. The third-order valence-electron chi connectivity index (χ3n) is 12.7. The normalized spacial score (nSPS) is 34.7. The Hall–Kier alpha value is -1.25. The summed E-state index contributed by atoms with van der Waals surface area (Å²) >= 11 is 0. The number of aliphatic hydroxyl groups is 1. The fourth-order valence-corrected chi connectivity index (χ4v) is 10.3. The Balaban J connectivity index is 2.39. The molecule has 0 aliphatic heterocycles. The number of hydrogen-bond donors (Lipinski definition) is 1. The molecule has 11 heteroatoms. The SMILES string of the molecule is COCO[C@H]1CC[C@@]2(C)[C@@H](OC(C)=O)[C@H](OC(C)=O)C3CC=C(O[Si](C)(C)C(C)(C)C)C(C[C@@H]2[C@]1(O)O[Si](C)(C)C(C)(C)C)C3(C)C. The molecule has 3 aliphatic carbocycles. The number of allylic oxidation sites excluding steroid dienone is 2. The van der Waals surface area contributed by atoms with Gasteiger partial charge in [-0.3, -0.25) is 9.59 Å². The molecule has 0 saturated heterocycles. The van der Waals surface area contributed by atoms with E-state index in [1.807, 2.05) is 0 Å². The van der Waals surface area contributed by atoms with Crippen molar-refractivity contribution in [1.82, 2.24) is 0 Å². The average Bonchev–Trinajstić information content (AvgIpc) is 2.87. The second kappa shape index (κ2) is 13.5. The van der Waals surface area contributed by atoms with Crippen molar-refractivity contribution in [2.45, 2.75) is 162 Å². The maximum atomic E-state index is 13.3. The lowest BCUT2D eigenvalue weighted by atomic mass is 9.49. The molecule has 9 nitrogen and oxygen atoms in total. The molecule has 2 unspecified atom stereocenters. The Morgan fingerprint density at radius 2 is 1.49 bits per heavy atom. The summed E-state index contributed by atoms with van der Waals surface area (Å²) in [6, 6.07) is 0. The summed E-state index contributed by atoms with van der Waals surface area (Å²) in [6.07, 6.45) is 1.99. The molecule has 0 amide bonds. The predicted octanol–water partition coefficient (Wildman–Crippen LogP) is 7.94. The van der Waals surface area contributed by atoms with E-state index in [0.717, 1.165) is 5.76 Å². The van der Waals surface area contributed by atoms with Crippen LogP contribution in [-0.4, -0.2) is 71.7 Å². The minimum atomic E-state index is -2.63. The molecule has 0 aromatic carbocycles. The summed E-state index contributed by atoms with van der Waals surface area (Å²) in [5.41, 5.74) is -1.31. The van der Waals surface area contributed by atoms with Crippen molar-refractivity contribution in [2.24, 2.45) is 28.6 Å². The number of carbonyl (C=O) groups excluding carboxylic acids is 2. The molecule has 0 aromatic rings. The van der Waals surface area contributed by atoms with Gasteiger partial charge in [0.05, 0.1) is 5.76 Å². The van der Waals surface area contributed by atoms with Crippen LogP contribution < -0.4 is 0 Å².